The maximum atomic E-state index is 13.6. The van der Waals surface area contributed by atoms with Gasteiger partial charge in [0.25, 0.3) is 5.69 Å². The summed E-state index contributed by atoms with van der Waals surface area (Å²) in [6.07, 6.45) is 9.70. The molecule has 0 aromatic heterocycles. The summed E-state index contributed by atoms with van der Waals surface area (Å²) in [5.74, 6) is -1.63. The molecular weight excluding hydrogens is 393 g/mol. The lowest BCUT2D eigenvalue weighted by molar-refractivity contribution is -0.385. The standard InChI is InChI=1S/C22H32FNO6/c1-2-3-4-5-6-7-8-9-15-29-21(25)11-10-12-22(26)30-17-18-16-19(24(27)28)13-14-20(18)23/h13-14,16H,2-12,15,17H2,1H3. The highest BCUT2D eigenvalue weighted by molar-refractivity contribution is 5.72. The molecule has 0 bridgehead atoms. The van der Waals surface area contributed by atoms with E-state index >= 15 is 0 Å². The van der Waals surface area contributed by atoms with Crippen LogP contribution in [0.4, 0.5) is 10.1 Å². The minimum atomic E-state index is -0.682. The Hall–Kier alpha value is -2.51. The molecule has 168 valence electrons. The summed E-state index contributed by atoms with van der Waals surface area (Å²) in [6.45, 7) is 2.19. The zero-order valence-electron chi connectivity index (χ0n) is 17.7. The first-order chi connectivity index (χ1) is 14.4. The summed E-state index contributed by atoms with van der Waals surface area (Å²) in [6, 6.07) is 3.04. The number of nitro benzene ring substituents is 1. The summed E-state index contributed by atoms with van der Waals surface area (Å²) in [7, 11) is 0. The monoisotopic (exact) mass is 425 g/mol. The van der Waals surface area contributed by atoms with Crippen molar-refractivity contribution >= 4 is 17.6 Å². The Kier molecular flexibility index (Phi) is 13.1. The largest absolute Gasteiger partial charge is 0.466 e. The van der Waals surface area contributed by atoms with Crippen LogP contribution in [0.2, 0.25) is 0 Å². The van der Waals surface area contributed by atoms with Crippen molar-refractivity contribution in [1.82, 2.24) is 0 Å². The van der Waals surface area contributed by atoms with Crippen LogP contribution in [-0.4, -0.2) is 23.5 Å². The van der Waals surface area contributed by atoms with Crippen molar-refractivity contribution in [1.29, 1.82) is 0 Å². The predicted molar refractivity (Wildman–Crippen MR) is 110 cm³/mol. The number of carbonyl (C=O) groups excluding carboxylic acids is 2. The van der Waals surface area contributed by atoms with Crippen molar-refractivity contribution in [2.45, 2.75) is 84.2 Å². The van der Waals surface area contributed by atoms with Gasteiger partial charge in [-0.05, 0) is 18.9 Å². The normalized spacial score (nSPS) is 10.6. The topological polar surface area (TPSA) is 95.7 Å². The summed E-state index contributed by atoms with van der Waals surface area (Å²) in [5.41, 5.74) is -0.344. The summed E-state index contributed by atoms with van der Waals surface area (Å²) in [4.78, 5) is 33.5. The second kappa shape index (κ2) is 15.3. The van der Waals surface area contributed by atoms with Gasteiger partial charge in [0.05, 0.1) is 11.5 Å². The maximum absolute atomic E-state index is 13.6. The first-order valence-electron chi connectivity index (χ1n) is 10.7. The molecule has 0 saturated heterocycles. The Morgan fingerprint density at radius 1 is 0.933 bits per heavy atom. The van der Waals surface area contributed by atoms with Crippen LogP contribution in [0.15, 0.2) is 18.2 Å². The number of hydrogen-bond acceptors (Lipinski definition) is 6. The molecule has 0 aliphatic rings. The number of nitrogens with zero attached hydrogens (tertiary/aromatic N) is 1. The highest BCUT2D eigenvalue weighted by Gasteiger charge is 2.13. The summed E-state index contributed by atoms with van der Waals surface area (Å²) < 4.78 is 23.7. The number of carbonyl (C=O) groups is 2. The van der Waals surface area contributed by atoms with Crippen LogP contribution in [0.25, 0.3) is 0 Å². The van der Waals surface area contributed by atoms with Crippen LogP contribution >= 0.6 is 0 Å². The van der Waals surface area contributed by atoms with E-state index in [9.17, 15) is 24.1 Å². The molecule has 1 aromatic carbocycles. The molecule has 1 aromatic rings. The molecule has 0 radical (unpaired) electrons. The van der Waals surface area contributed by atoms with Crippen molar-refractivity contribution in [3.8, 4) is 0 Å². The lowest BCUT2D eigenvalue weighted by Gasteiger charge is -2.07. The average Bonchev–Trinajstić information content (AvgIpc) is 2.71. The van der Waals surface area contributed by atoms with E-state index in [4.69, 9.17) is 9.47 Å². The van der Waals surface area contributed by atoms with E-state index in [1.807, 2.05) is 0 Å². The van der Waals surface area contributed by atoms with Crippen LogP contribution in [0.5, 0.6) is 0 Å². The zero-order valence-corrected chi connectivity index (χ0v) is 17.7. The minimum Gasteiger partial charge on any atom is -0.466 e. The van der Waals surface area contributed by atoms with Gasteiger partial charge in [0, 0.05) is 30.5 Å². The number of ether oxygens (including phenoxy) is 2. The third-order valence-corrected chi connectivity index (χ3v) is 4.65. The van der Waals surface area contributed by atoms with Gasteiger partial charge < -0.3 is 9.47 Å². The highest BCUT2D eigenvalue weighted by Crippen LogP contribution is 2.18. The molecule has 1 rings (SSSR count). The fourth-order valence-electron chi connectivity index (χ4n) is 2.89. The van der Waals surface area contributed by atoms with Gasteiger partial charge in [0.1, 0.15) is 12.4 Å². The first kappa shape index (κ1) is 25.5. The first-order valence-corrected chi connectivity index (χ1v) is 10.7. The second-order valence-corrected chi connectivity index (χ2v) is 7.24. The van der Waals surface area contributed by atoms with E-state index in [-0.39, 0.29) is 36.5 Å². The number of non-ortho nitro benzene ring substituents is 1. The molecule has 0 spiro atoms. The molecule has 7 nitrogen and oxygen atoms in total. The number of halogens is 1. The van der Waals surface area contributed by atoms with Gasteiger partial charge in [-0.3, -0.25) is 19.7 Å². The van der Waals surface area contributed by atoms with E-state index in [0.29, 0.717) is 6.61 Å². The third-order valence-electron chi connectivity index (χ3n) is 4.65. The molecule has 0 heterocycles. The van der Waals surface area contributed by atoms with Crippen LogP contribution < -0.4 is 0 Å². The molecule has 0 aliphatic heterocycles. The molecule has 30 heavy (non-hydrogen) atoms. The van der Waals surface area contributed by atoms with Crippen molar-refractivity contribution in [3.05, 3.63) is 39.7 Å². The van der Waals surface area contributed by atoms with Crippen molar-refractivity contribution < 1.29 is 28.4 Å². The van der Waals surface area contributed by atoms with E-state index in [0.717, 1.165) is 37.5 Å². The van der Waals surface area contributed by atoms with Gasteiger partial charge in [0.2, 0.25) is 0 Å². The van der Waals surface area contributed by atoms with Crippen molar-refractivity contribution in [2.24, 2.45) is 0 Å². The van der Waals surface area contributed by atoms with Gasteiger partial charge >= 0.3 is 11.9 Å². The number of unbranched alkanes of at least 4 members (excludes halogenated alkanes) is 7. The van der Waals surface area contributed by atoms with Crippen molar-refractivity contribution in [3.63, 3.8) is 0 Å². The molecule has 0 atom stereocenters. The molecule has 0 fully saturated rings. The van der Waals surface area contributed by atoms with E-state index in [2.05, 4.69) is 6.92 Å². The quantitative estimate of drug-likeness (QED) is 0.147. The van der Waals surface area contributed by atoms with Crippen LogP contribution in [-0.2, 0) is 25.7 Å². The Morgan fingerprint density at radius 3 is 2.17 bits per heavy atom. The zero-order chi connectivity index (χ0) is 22.2. The smallest absolute Gasteiger partial charge is 0.306 e. The lowest BCUT2D eigenvalue weighted by Crippen LogP contribution is -2.09. The Bertz CT molecular complexity index is 680. The molecular formula is C22H32FNO6. The van der Waals surface area contributed by atoms with Gasteiger partial charge in [-0.25, -0.2) is 4.39 Å². The number of rotatable bonds is 16. The molecule has 0 saturated carbocycles. The van der Waals surface area contributed by atoms with Crippen molar-refractivity contribution in [2.75, 3.05) is 6.61 Å². The van der Waals surface area contributed by atoms with Gasteiger partial charge in [0.15, 0.2) is 0 Å². The molecule has 0 amide bonds. The Labute approximate surface area is 177 Å². The third kappa shape index (κ3) is 11.5. The van der Waals surface area contributed by atoms with Gasteiger partial charge in [-0.2, -0.15) is 0 Å². The SMILES string of the molecule is CCCCCCCCCCOC(=O)CCCC(=O)OCc1cc([N+](=O)[O-])ccc1F. The summed E-state index contributed by atoms with van der Waals surface area (Å²) in [5, 5.41) is 10.7. The van der Waals surface area contributed by atoms with Crippen LogP contribution in [0.1, 0.15) is 83.1 Å². The minimum absolute atomic E-state index is 0.0105. The van der Waals surface area contributed by atoms with E-state index in [1.54, 1.807) is 0 Å². The maximum Gasteiger partial charge on any atom is 0.306 e. The fraction of sp³-hybridized carbons (Fsp3) is 0.636. The van der Waals surface area contributed by atoms with E-state index in [1.165, 1.54) is 32.1 Å². The van der Waals surface area contributed by atoms with Gasteiger partial charge in [-0.1, -0.05) is 51.9 Å². The second-order valence-electron chi connectivity index (χ2n) is 7.24. The van der Waals surface area contributed by atoms with Crippen LogP contribution in [0.3, 0.4) is 0 Å². The molecule has 0 N–H and O–H groups in total. The predicted octanol–water partition coefficient (Wildman–Crippen LogP) is 5.63. The van der Waals surface area contributed by atoms with E-state index < -0.39 is 23.3 Å². The van der Waals surface area contributed by atoms with Gasteiger partial charge in [-0.15, -0.1) is 0 Å². The molecule has 0 aliphatic carbocycles. The number of benzene rings is 1. The molecule has 0 unspecified atom stereocenters. The van der Waals surface area contributed by atoms with Crippen LogP contribution in [0, 0.1) is 15.9 Å². The number of esters is 2. The molecule has 8 heteroatoms. The number of nitro groups is 1. The Morgan fingerprint density at radius 2 is 1.53 bits per heavy atom. The Balaban J connectivity index is 2.09. The fourth-order valence-corrected chi connectivity index (χ4v) is 2.89. The summed E-state index contributed by atoms with van der Waals surface area (Å²) >= 11 is 0. The average molecular weight is 425 g/mol. The highest BCUT2D eigenvalue weighted by atomic mass is 19.1. The number of hydrogen-bond donors (Lipinski definition) is 0. The lowest BCUT2D eigenvalue weighted by atomic mass is 10.1.